The van der Waals surface area contributed by atoms with Gasteiger partial charge in [0, 0.05) is 7.05 Å². The molecule has 0 saturated carbocycles. The zero-order valence-electron chi connectivity index (χ0n) is 9.83. The summed E-state index contributed by atoms with van der Waals surface area (Å²) >= 11 is 9.43. The summed E-state index contributed by atoms with van der Waals surface area (Å²) < 4.78 is 2.40. The summed E-state index contributed by atoms with van der Waals surface area (Å²) in [7, 11) is 1.79. The maximum atomic E-state index is 9.13. The van der Waals surface area contributed by atoms with Crippen LogP contribution in [0.15, 0.2) is 22.7 Å². The molecule has 2 aromatic rings. The lowest BCUT2D eigenvalue weighted by Crippen LogP contribution is -2.01. The van der Waals surface area contributed by atoms with Gasteiger partial charge in [0.2, 0.25) is 0 Å². The molecule has 4 nitrogen and oxygen atoms in total. The Morgan fingerprint density at radius 2 is 2.22 bits per heavy atom. The first-order valence-corrected chi connectivity index (χ1v) is 6.36. The molecule has 0 fully saturated rings. The minimum Gasteiger partial charge on any atom is -0.338 e. The van der Waals surface area contributed by atoms with Crippen LogP contribution in [0, 0.1) is 18.3 Å². The third kappa shape index (κ3) is 2.22. The van der Waals surface area contributed by atoms with E-state index in [0.717, 1.165) is 10.2 Å². The van der Waals surface area contributed by atoms with Crippen LogP contribution in [0.25, 0.3) is 0 Å². The summed E-state index contributed by atoms with van der Waals surface area (Å²) in [5.74, 6) is 0.651. The third-order valence-electron chi connectivity index (χ3n) is 2.54. The summed E-state index contributed by atoms with van der Waals surface area (Å²) in [4.78, 5) is 0. The van der Waals surface area contributed by atoms with E-state index in [4.69, 9.17) is 16.9 Å². The van der Waals surface area contributed by atoms with Gasteiger partial charge in [-0.2, -0.15) is 10.4 Å². The highest BCUT2D eigenvalue weighted by molar-refractivity contribution is 9.10. The summed E-state index contributed by atoms with van der Waals surface area (Å²) in [6.07, 6.45) is 0. The Labute approximate surface area is 118 Å². The van der Waals surface area contributed by atoms with Crippen molar-refractivity contribution in [2.75, 3.05) is 5.32 Å². The molecule has 0 aliphatic rings. The summed E-state index contributed by atoms with van der Waals surface area (Å²) in [6, 6.07) is 7.65. The molecule has 0 radical (unpaired) electrons. The van der Waals surface area contributed by atoms with Gasteiger partial charge in [0.1, 0.15) is 17.5 Å². The van der Waals surface area contributed by atoms with Crippen molar-refractivity contribution in [2.24, 2.45) is 7.05 Å². The van der Waals surface area contributed by atoms with Crippen LogP contribution in [0.3, 0.4) is 0 Å². The molecule has 6 heteroatoms. The first-order chi connectivity index (χ1) is 8.54. The second-order valence-electron chi connectivity index (χ2n) is 3.77. The quantitative estimate of drug-likeness (QED) is 0.914. The Morgan fingerprint density at radius 1 is 1.50 bits per heavy atom. The van der Waals surface area contributed by atoms with Gasteiger partial charge in [-0.3, -0.25) is 4.68 Å². The van der Waals surface area contributed by atoms with Crippen LogP contribution in [0.1, 0.15) is 11.3 Å². The molecule has 92 valence electrons. The van der Waals surface area contributed by atoms with Gasteiger partial charge in [-0.15, -0.1) is 0 Å². The van der Waals surface area contributed by atoms with E-state index in [9.17, 15) is 0 Å². The van der Waals surface area contributed by atoms with Crippen LogP contribution in [0.2, 0.25) is 5.02 Å². The highest BCUT2D eigenvalue weighted by Gasteiger charge is 2.14. The maximum Gasteiger partial charge on any atom is 0.146 e. The minimum atomic E-state index is 0.532. The molecule has 1 N–H and O–H groups in total. The fraction of sp³-hybridized carbons (Fsp3) is 0.167. The van der Waals surface area contributed by atoms with Gasteiger partial charge in [0.15, 0.2) is 0 Å². The number of aryl methyl sites for hydroxylation is 2. The molecule has 0 spiro atoms. The predicted octanol–water partition coefficient (Wildman–Crippen LogP) is 3.76. The van der Waals surface area contributed by atoms with Crippen LogP contribution in [0.5, 0.6) is 0 Å². The van der Waals surface area contributed by atoms with Crippen LogP contribution in [-0.2, 0) is 7.05 Å². The highest BCUT2D eigenvalue weighted by atomic mass is 79.9. The Morgan fingerprint density at radius 3 is 2.89 bits per heavy atom. The van der Waals surface area contributed by atoms with Crippen LogP contribution < -0.4 is 5.32 Å². The molecule has 0 bridgehead atoms. The number of hydrogen-bond donors (Lipinski definition) is 1. The zero-order valence-corrected chi connectivity index (χ0v) is 12.2. The standard InChI is InChI=1S/C12H10BrClN4/c1-7-8(6-15)12(18(2)17-7)16-10-5-3-4-9(14)11(10)13/h3-5,16H,1-2H3. The van der Waals surface area contributed by atoms with Gasteiger partial charge in [-0.25, -0.2) is 0 Å². The number of benzene rings is 1. The summed E-state index contributed by atoms with van der Waals surface area (Å²) in [5, 5.41) is 17.1. The maximum absolute atomic E-state index is 9.13. The van der Waals surface area contributed by atoms with Crippen molar-refractivity contribution >= 4 is 39.0 Å². The van der Waals surface area contributed by atoms with Crippen LogP contribution in [-0.4, -0.2) is 9.78 Å². The number of halogens is 2. The lowest BCUT2D eigenvalue weighted by molar-refractivity contribution is 0.765. The van der Waals surface area contributed by atoms with Crippen molar-refractivity contribution in [1.29, 1.82) is 5.26 Å². The van der Waals surface area contributed by atoms with E-state index < -0.39 is 0 Å². The van der Waals surface area contributed by atoms with E-state index in [0.29, 0.717) is 22.1 Å². The van der Waals surface area contributed by atoms with Gasteiger partial charge in [-0.1, -0.05) is 17.7 Å². The van der Waals surface area contributed by atoms with Crippen molar-refractivity contribution in [3.8, 4) is 6.07 Å². The number of hydrogen-bond acceptors (Lipinski definition) is 3. The summed E-state index contributed by atoms with van der Waals surface area (Å²) in [5.41, 5.74) is 2.02. The Hall–Kier alpha value is -1.51. The highest BCUT2D eigenvalue weighted by Crippen LogP contribution is 2.33. The molecule has 0 atom stereocenters. The lowest BCUT2D eigenvalue weighted by Gasteiger charge is -2.09. The first kappa shape index (κ1) is 12.9. The van der Waals surface area contributed by atoms with E-state index in [-0.39, 0.29) is 0 Å². The van der Waals surface area contributed by atoms with Crippen molar-refractivity contribution in [1.82, 2.24) is 9.78 Å². The number of aromatic nitrogens is 2. The molecule has 2 rings (SSSR count). The number of nitrogens with one attached hydrogen (secondary N) is 1. The average Bonchev–Trinajstić information content (AvgIpc) is 2.59. The van der Waals surface area contributed by atoms with E-state index >= 15 is 0 Å². The molecule has 0 unspecified atom stereocenters. The van der Waals surface area contributed by atoms with Gasteiger partial charge < -0.3 is 5.32 Å². The molecule has 18 heavy (non-hydrogen) atoms. The van der Waals surface area contributed by atoms with E-state index in [1.807, 2.05) is 12.1 Å². The third-order valence-corrected chi connectivity index (χ3v) is 3.94. The molecule has 0 aliphatic carbocycles. The van der Waals surface area contributed by atoms with Gasteiger partial charge in [0.25, 0.3) is 0 Å². The van der Waals surface area contributed by atoms with Crippen molar-refractivity contribution in [3.63, 3.8) is 0 Å². The van der Waals surface area contributed by atoms with Crippen molar-refractivity contribution in [3.05, 3.63) is 39.0 Å². The molecule has 0 saturated heterocycles. The number of nitriles is 1. The number of anilines is 2. The topological polar surface area (TPSA) is 53.6 Å². The van der Waals surface area contributed by atoms with E-state index in [1.165, 1.54) is 0 Å². The van der Waals surface area contributed by atoms with Crippen LogP contribution >= 0.6 is 27.5 Å². The molecule has 1 aromatic heterocycles. The summed E-state index contributed by atoms with van der Waals surface area (Å²) in [6.45, 7) is 1.80. The van der Waals surface area contributed by atoms with Gasteiger partial charge in [-0.05, 0) is 35.0 Å². The number of rotatable bonds is 2. The normalized spacial score (nSPS) is 10.2. The molecule has 1 heterocycles. The van der Waals surface area contributed by atoms with E-state index in [2.05, 4.69) is 32.4 Å². The first-order valence-electron chi connectivity index (χ1n) is 5.19. The molecule has 0 aliphatic heterocycles. The lowest BCUT2D eigenvalue weighted by atomic mass is 10.2. The molecular formula is C12H10BrClN4. The average molecular weight is 326 g/mol. The van der Waals surface area contributed by atoms with E-state index in [1.54, 1.807) is 24.7 Å². The second kappa shape index (κ2) is 5.01. The van der Waals surface area contributed by atoms with Gasteiger partial charge >= 0.3 is 0 Å². The SMILES string of the molecule is Cc1nn(C)c(Nc2cccc(Cl)c2Br)c1C#N. The Bertz CT molecular complexity index is 642. The fourth-order valence-electron chi connectivity index (χ4n) is 1.66. The van der Waals surface area contributed by atoms with Crippen LogP contribution in [0.4, 0.5) is 11.5 Å². The minimum absolute atomic E-state index is 0.532. The molecule has 0 amide bonds. The Kier molecular flexibility index (Phi) is 3.60. The monoisotopic (exact) mass is 324 g/mol. The largest absolute Gasteiger partial charge is 0.338 e. The zero-order chi connectivity index (χ0) is 13.3. The predicted molar refractivity (Wildman–Crippen MR) is 75.1 cm³/mol. The number of nitrogens with zero attached hydrogens (tertiary/aromatic N) is 3. The Balaban J connectivity index is 2.47. The van der Waals surface area contributed by atoms with Crippen molar-refractivity contribution < 1.29 is 0 Å². The molecular weight excluding hydrogens is 316 g/mol. The van der Waals surface area contributed by atoms with Gasteiger partial charge in [0.05, 0.1) is 20.9 Å². The molecule has 1 aromatic carbocycles. The van der Waals surface area contributed by atoms with Crippen molar-refractivity contribution in [2.45, 2.75) is 6.92 Å². The fourth-order valence-corrected chi connectivity index (χ4v) is 2.20. The second-order valence-corrected chi connectivity index (χ2v) is 4.97. The smallest absolute Gasteiger partial charge is 0.146 e.